The monoisotopic (exact) mass is 451 g/mol. The molecule has 4 rings (SSSR count). The SMILES string of the molecule is C[C@@H](/C=C/CCO)[C@]1(O)C(=O)N(Cc2ccc(N3CCC3=O)cc2)c2ccc([N+](=O)[O-])cc21. The summed E-state index contributed by atoms with van der Waals surface area (Å²) in [5.41, 5.74) is -0.00721. The second-order valence-electron chi connectivity index (χ2n) is 8.31. The van der Waals surface area contributed by atoms with Gasteiger partial charge < -0.3 is 20.0 Å². The van der Waals surface area contributed by atoms with Gasteiger partial charge >= 0.3 is 0 Å². The number of nitrogens with zero attached hydrogens (tertiary/aromatic N) is 3. The number of β-lactam (4-membered cyclic amide) rings is 1. The number of hydrogen-bond acceptors (Lipinski definition) is 6. The topological polar surface area (TPSA) is 124 Å². The molecule has 2 aliphatic rings. The van der Waals surface area contributed by atoms with Crippen molar-refractivity contribution in [2.24, 2.45) is 5.92 Å². The molecule has 2 N–H and O–H groups in total. The summed E-state index contributed by atoms with van der Waals surface area (Å²) in [4.78, 5) is 39.0. The Bertz CT molecular complexity index is 1130. The Morgan fingerprint density at radius 1 is 1.21 bits per heavy atom. The van der Waals surface area contributed by atoms with Gasteiger partial charge in [0.15, 0.2) is 5.60 Å². The van der Waals surface area contributed by atoms with Crippen LogP contribution in [-0.2, 0) is 21.7 Å². The van der Waals surface area contributed by atoms with E-state index in [0.29, 0.717) is 25.1 Å². The lowest BCUT2D eigenvalue weighted by Gasteiger charge is -2.31. The van der Waals surface area contributed by atoms with Crippen molar-refractivity contribution in [3.05, 3.63) is 75.9 Å². The Kier molecular flexibility index (Phi) is 6.01. The van der Waals surface area contributed by atoms with Crippen LogP contribution in [0.5, 0.6) is 0 Å². The summed E-state index contributed by atoms with van der Waals surface area (Å²) in [6.45, 7) is 2.44. The molecule has 0 radical (unpaired) electrons. The maximum absolute atomic E-state index is 13.5. The van der Waals surface area contributed by atoms with Gasteiger partial charge in [0.05, 0.1) is 17.2 Å². The van der Waals surface area contributed by atoms with Gasteiger partial charge in [-0.25, -0.2) is 0 Å². The van der Waals surface area contributed by atoms with Crippen LogP contribution in [0.4, 0.5) is 17.1 Å². The second-order valence-corrected chi connectivity index (χ2v) is 8.31. The highest BCUT2D eigenvalue weighted by Crippen LogP contribution is 2.47. The molecule has 2 aliphatic heterocycles. The molecule has 33 heavy (non-hydrogen) atoms. The first-order chi connectivity index (χ1) is 15.8. The Balaban J connectivity index is 1.67. The fraction of sp³-hybridized carbons (Fsp3) is 0.333. The van der Waals surface area contributed by atoms with Crippen molar-refractivity contribution in [2.45, 2.75) is 31.9 Å². The Morgan fingerprint density at radius 2 is 1.94 bits per heavy atom. The van der Waals surface area contributed by atoms with Gasteiger partial charge in [-0.2, -0.15) is 0 Å². The van der Waals surface area contributed by atoms with Crippen molar-refractivity contribution in [3.63, 3.8) is 0 Å². The quantitative estimate of drug-likeness (QED) is 0.275. The number of aliphatic hydroxyl groups is 2. The van der Waals surface area contributed by atoms with E-state index in [1.807, 2.05) is 24.3 Å². The summed E-state index contributed by atoms with van der Waals surface area (Å²) in [5, 5.41) is 31.9. The minimum Gasteiger partial charge on any atom is -0.396 e. The summed E-state index contributed by atoms with van der Waals surface area (Å²) in [7, 11) is 0. The van der Waals surface area contributed by atoms with E-state index in [1.165, 1.54) is 23.1 Å². The molecule has 0 unspecified atom stereocenters. The fourth-order valence-electron chi connectivity index (χ4n) is 4.27. The van der Waals surface area contributed by atoms with E-state index in [2.05, 4.69) is 0 Å². The molecule has 9 heteroatoms. The van der Waals surface area contributed by atoms with Crippen LogP contribution in [0.2, 0.25) is 0 Å². The molecule has 0 aromatic heterocycles. The Hall–Kier alpha value is -3.56. The van der Waals surface area contributed by atoms with Crippen molar-refractivity contribution in [1.29, 1.82) is 0 Å². The van der Waals surface area contributed by atoms with Crippen LogP contribution in [0.3, 0.4) is 0 Å². The van der Waals surface area contributed by atoms with Gasteiger partial charge in [0, 0.05) is 48.9 Å². The molecule has 0 aliphatic carbocycles. The number of carbonyl (C=O) groups excluding carboxylic acids is 2. The third kappa shape index (κ3) is 3.90. The number of carbonyl (C=O) groups is 2. The molecule has 1 saturated heterocycles. The van der Waals surface area contributed by atoms with Gasteiger partial charge in [-0.05, 0) is 30.2 Å². The van der Waals surface area contributed by atoms with Crippen molar-refractivity contribution >= 4 is 28.9 Å². The third-order valence-electron chi connectivity index (χ3n) is 6.28. The average molecular weight is 451 g/mol. The third-order valence-corrected chi connectivity index (χ3v) is 6.28. The Labute approximate surface area is 190 Å². The lowest BCUT2D eigenvalue weighted by molar-refractivity contribution is -0.385. The molecule has 9 nitrogen and oxygen atoms in total. The smallest absolute Gasteiger partial charge is 0.269 e. The van der Waals surface area contributed by atoms with Crippen LogP contribution >= 0.6 is 0 Å². The zero-order valence-electron chi connectivity index (χ0n) is 18.2. The lowest BCUT2D eigenvalue weighted by atomic mass is 9.82. The van der Waals surface area contributed by atoms with Crippen LogP contribution in [0.1, 0.15) is 30.9 Å². The Morgan fingerprint density at radius 3 is 2.52 bits per heavy atom. The van der Waals surface area contributed by atoms with Crippen LogP contribution in [0.15, 0.2) is 54.6 Å². The van der Waals surface area contributed by atoms with Gasteiger partial charge in [0.1, 0.15) is 0 Å². The summed E-state index contributed by atoms with van der Waals surface area (Å²) < 4.78 is 0. The number of nitro benzene ring substituents is 1. The van der Waals surface area contributed by atoms with Gasteiger partial charge in [-0.3, -0.25) is 19.7 Å². The number of hydrogen-bond donors (Lipinski definition) is 2. The molecule has 0 bridgehead atoms. The lowest BCUT2D eigenvalue weighted by Crippen LogP contribution is -2.44. The summed E-state index contributed by atoms with van der Waals surface area (Å²) >= 11 is 0. The highest BCUT2D eigenvalue weighted by atomic mass is 16.6. The van der Waals surface area contributed by atoms with E-state index in [0.717, 1.165) is 11.3 Å². The highest BCUT2D eigenvalue weighted by Gasteiger charge is 2.53. The predicted octanol–water partition coefficient (Wildman–Crippen LogP) is 2.64. The molecular formula is C24H25N3O6. The predicted molar refractivity (Wildman–Crippen MR) is 122 cm³/mol. The van der Waals surface area contributed by atoms with E-state index in [-0.39, 0.29) is 30.3 Å². The number of fused-ring (bicyclic) bond motifs is 1. The number of anilines is 2. The van der Waals surface area contributed by atoms with E-state index in [4.69, 9.17) is 5.11 Å². The first kappa shape index (κ1) is 22.6. The van der Waals surface area contributed by atoms with E-state index >= 15 is 0 Å². The van der Waals surface area contributed by atoms with Gasteiger partial charge in [-0.15, -0.1) is 0 Å². The molecule has 2 amide bonds. The standard InChI is InChI=1S/C24H25N3O6/c1-16(4-2-3-13-28)24(31)20-14-19(27(32)33)9-10-21(20)26(23(24)30)15-17-5-7-18(8-6-17)25-12-11-22(25)29/h2,4-10,14,16,28,31H,3,11-13,15H2,1H3/b4-2+/t16-,24+/m0/s1. The van der Waals surface area contributed by atoms with Gasteiger partial charge in [0.2, 0.25) is 5.91 Å². The van der Waals surface area contributed by atoms with Crippen LogP contribution in [0.25, 0.3) is 0 Å². The minimum atomic E-state index is -1.97. The molecule has 1 fully saturated rings. The number of benzene rings is 2. The minimum absolute atomic E-state index is 0.0667. The maximum Gasteiger partial charge on any atom is 0.269 e. The molecule has 2 atom stereocenters. The van der Waals surface area contributed by atoms with Gasteiger partial charge in [0.25, 0.3) is 11.6 Å². The molecular weight excluding hydrogens is 426 g/mol. The molecule has 172 valence electrons. The zero-order chi connectivity index (χ0) is 23.8. The molecule has 2 aromatic carbocycles. The van der Waals surface area contributed by atoms with Crippen LogP contribution in [-0.4, -0.2) is 40.1 Å². The largest absolute Gasteiger partial charge is 0.396 e. The average Bonchev–Trinajstić information content (AvgIpc) is 3.01. The number of rotatable bonds is 8. The van der Waals surface area contributed by atoms with Crippen molar-refractivity contribution in [1.82, 2.24) is 0 Å². The van der Waals surface area contributed by atoms with Crippen LogP contribution < -0.4 is 9.80 Å². The van der Waals surface area contributed by atoms with Crippen molar-refractivity contribution < 1.29 is 24.7 Å². The van der Waals surface area contributed by atoms with E-state index in [9.17, 15) is 24.8 Å². The number of non-ortho nitro benzene ring substituents is 1. The number of aliphatic hydroxyl groups excluding tert-OH is 1. The first-order valence-electron chi connectivity index (χ1n) is 10.8. The zero-order valence-corrected chi connectivity index (χ0v) is 18.2. The van der Waals surface area contributed by atoms with Crippen molar-refractivity contribution in [3.8, 4) is 0 Å². The highest BCUT2D eigenvalue weighted by molar-refractivity contribution is 6.07. The summed E-state index contributed by atoms with van der Waals surface area (Å²) in [5.74, 6) is -1.18. The molecule has 2 heterocycles. The number of nitro groups is 1. The normalized spacial score (nSPS) is 20.8. The van der Waals surface area contributed by atoms with E-state index < -0.39 is 22.3 Å². The first-order valence-corrected chi connectivity index (χ1v) is 10.8. The van der Waals surface area contributed by atoms with Gasteiger partial charge in [-0.1, -0.05) is 31.2 Å². The van der Waals surface area contributed by atoms with E-state index in [1.54, 1.807) is 24.0 Å². The number of amides is 2. The molecule has 0 spiro atoms. The molecule has 0 saturated carbocycles. The summed E-state index contributed by atoms with van der Waals surface area (Å²) in [6, 6.07) is 11.3. The summed E-state index contributed by atoms with van der Waals surface area (Å²) in [6.07, 6.45) is 4.22. The maximum atomic E-state index is 13.5. The van der Waals surface area contributed by atoms with Crippen LogP contribution in [0, 0.1) is 16.0 Å². The van der Waals surface area contributed by atoms with Crippen molar-refractivity contribution in [2.75, 3.05) is 23.0 Å². The fourth-order valence-corrected chi connectivity index (χ4v) is 4.27. The second kappa shape index (κ2) is 8.76. The molecule has 2 aromatic rings.